The van der Waals surface area contributed by atoms with E-state index in [1.165, 1.54) is 13.8 Å². The van der Waals surface area contributed by atoms with Crippen LogP contribution in [0.25, 0.3) is 0 Å². The van der Waals surface area contributed by atoms with Gasteiger partial charge in [0.1, 0.15) is 5.41 Å². The zero-order valence-corrected chi connectivity index (χ0v) is 11.6. The van der Waals surface area contributed by atoms with Gasteiger partial charge in [-0.05, 0) is 24.8 Å². The largest absolute Gasteiger partial charge is 0.481 e. The minimum atomic E-state index is -1.39. The van der Waals surface area contributed by atoms with Crippen LogP contribution in [0.1, 0.15) is 50.5 Å². The molecule has 0 saturated heterocycles. The first-order valence-corrected chi connectivity index (χ1v) is 5.95. The zero-order valence-electron chi connectivity index (χ0n) is 11.6. The van der Waals surface area contributed by atoms with E-state index >= 15 is 0 Å². The Morgan fingerprint density at radius 3 is 1.72 bits per heavy atom. The predicted octanol–water partition coefficient (Wildman–Crippen LogP) is 3.28. The van der Waals surface area contributed by atoms with E-state index in [4.69, 9.17) is 5.11 Å². The first-order chi connectivity index (χ1) is 8.06. The number of Topliss-reactive ketones (excluding diaryl/α,β-unsaturated/α-hetero) is 1. The van der Waals surface area contributed by atoms with Gasteiger partial charge in [0.25, 0.3) is 0 Å². The number of carboxylic acids is 1. The van der Waals surface area contributed by atoms with Gasteiger partial charge in [-0.25, -0.2) is 0 Å². The van der Waals surface area contributed by atoms with Crippen LogP contribution in [0.5, 0.6) is 0 Å². The molecule has 0 atom stereocenters. The fourth-order valence-electron chi connectivity index (χ4n) is 1.58. The Hall–Kier alpha value is -1.64. The second-order valence-corrected chi connectivity index (χ2v) is 6.09. The maximum atomic E-state index is 12.1. The standard InChI is InChI=1S/C15H20O3/c1-14(2,3)11-8-6-10(7-9-11)12(16)15(4,5)13(17)18/h6-9H,1-5H3,(H,17,18). The SMILES string of the molecule is CC(C)(C(=O)O)C(=O)c1ccc(C(C)(C)C)cc1. The zero-order chi connectivity index (χ0) is 14.1. The van der Waals surface area contributed by atoms with Gasteiger partial charge in [0.15, 0.2) is 5.78 Å². The highest BCUT2D eigenvalue weighted by molar-refractivity contribution is 6.11. The van der Waals surface area contributed by atoms with Crippen LogP contribution < -0.4 is 0 Å². The number of hydrogen-bond donors (Lipinski definition) is 1. The summed E-state index contributed by atoms with van der Waals surface area (Å²) in [4.78, 5) is 23.1. The third-order valence-corrected chi connectivity index (χ3v) is 3.12. The smallest absolute Gasteiger partial charge is 0.316 e. The highest BCUT2D eigenvalue weighted by Crippen LogP contribution is 2.26. The van der Waals surface area contributed by atoms with Crippen molar-refractivity contribution in [3.63, 3.8) is 0 Å². The molecule has 1 rings (SSSR count). The van der Waals surface area contributed by atoms with Crippen molar-refractivity contribution < 1.29 is 14.7 Å². The molecule has 0 radical (unpaired) electrons. The van der Waals surface area contributed by atoms with Crippen LogP contribution in [0.4, 0.5) is 0 Å². The summed E-state index contributed by atoms with van der Waals surface area (Å²) in [5.41, 5.74) is 0.190. The lowest BCUT2D eigenvalue weighted by molar-refractivity contribution is -0.144. The highest BCUT2D eigenvalue weighted by atomic mass is 16.4. The number of benzene rings is 1. The van der Waals surface area contributed by atoms with Crippen molar-refractivity contribution in [3.8, 4) is 0 Å². The van der Waals surface area contributed by atoms with Gasteiger partial charge >= 0.3 is 5.97 Å². The van der Waals surface area contributed by atoms with E-state index in [0.717, 1.165) is 5.56 Å². The molecule has 1 aromatic carbocycles. The molecule has 1 aromatic rings. The van der Waals surface area contributed by atoms with E-state index in [-0.39, 0.29) is 11.2 Å². The van der Waals surface area contributed by atoms with Crippen LogP contribution in [-0.2, 0) is 10.2 Å². The fraction of sp³-hybridized carbons (Fsp3) is 0.467. The molecule has 1 N–H and O–H groups in total. The molecule has 0 aliphatic rings. The molecule has 0 aliphatic heterocycles. The molecule has 0 amide bonds. The number of hydrogen-bond acceptors (Lipinski definition) is 2. The molecule has 98 valence electrons. The summed E-state index contributed by atoms with van der Waals surface area (Å²) in [6.45, 7) is 9.12. The first-order valence-electron chi connectivity index (χ1n) is 5.95. The Morgan fingerprint density at radius 2 is 1.39 bits per heavy atom. The fourth-order valence-corrected chi connectivity index (χ4v) is 1.58. The van der Waals surface area contributed by atoms with Gasteiger partial charge in [0.2, 0.25) is 0 Å². The number of ketones is 1. The topological polar surface area (TPSA) is 54.4 Å². The molecule has 18 heavy (non-hydrogen) atoms. The van der Waals surface area contributed by atoms with Gasteiger partial charge in [0, 0.05) is 5.56 Å². The van der Waals surface area contributed by atoms with Crippen LogP contribution in [0.3, 0.4) is 0 Å². The number of carbonyl (C=O) groups is 2. The molecular weight excluding hydrogens is 228 g/mol. The van der Waals surface area contributed by atoms with Crippen molar-refractivity contribution in [2.45, 2.75) is 40.0 Å². The van der Waals surface area contributed by atoms with Crippen molar-refractivity contribution in [2.24, 2.45) is 5.41 Å². The molecule has 0 aliphatic carbocycles. The summed E-state index contributed by atoms with van der Waals surface area (Å²) in [5, 5.41) is 9.04. The third-order valence-electron chi connectivity index (χ3n) is 3.12. The van der Waals surface area contributed by atoms with E-state index in [1.54, 1.807) is 12.1 Å². The van der Waals surface area contributed by atoms with Gasteiger partial charge in [-0.3, -0.25) is 9.59 Å². The van der Waals surface area contributed by atoms with E-state index in [9.17, 15) is 9.59 Å². The Labute approximate surface area is 108 Å². The van der Waals surface area contributed by atoms with Crippen LogP contribution in [0, 0.1) is 5.41 Å². The average Bonchev–Trinajstić information content (AvgIpc) is 2.26. The number of rotatable bonds is 3. The van der Waals surface area contributed by atoms with Crippen molar-refractivity contribution in [1.82, 2.24) is 0 Å². The van der Waals surface area contributed by atoms with E-state index in [1.807, 2.05) is 12.1 Å². The monoisotopic (exact) mass is 248 g/mol. The van der Waals surface area contributed by atoms with Crippen LogP contribution in [0.15, 0.2) is 24.3 Å². The number of aliphatic carboxylic acids is 1. The number of carbonyl (C=O) groups excluding carboxylic acids is 1. The Morgan fingerprint density at radius 1 is 0.944 bits per heavy atom. The van der Waals surface area contributed by atoms with Crippen LogP contribution >= 0.6 is 0 Å². The normalized spacial score (nSPS) is 12.3. The molecule has 3 nitrogen and oxygen atoms in total. The van der Waals surface area contributed by atoms with Gasteiger partial charge < -0.3 is 5.11 Å². The maximum absolute atomic E-state index is 12.1. The van der Waals surface area contributed by atoms with Crippen molar-refractivity contribution in [2.75, 3.05) is 0 Å². The Balaban J connectivity index is 3.07. The van der Waals surface area contributed by atoms with Gasteiger partial charge in [-0.15, -0.1) is 0 Å². The predicted molar refractivity (Wildman–Crippen MR) is 70.9 cm³/mol. The summed E-state index contributed by atoms with van der Waals surface area (Å²) in [5.74, 6) is -1.47. The summed E-state index contributed by atoms with van der Waals surface area (Å²) in [6.07, 6.45) is 0. The lowest BCUT2D eigenvalue weighted by atomic mass is 9.82. The Bertz CT molecular complexity index is 462. The summed E-state index contributed by atoms with van der Waals surface area (Å²) in [7, 11) is 0. The van der Waals surface area contributed by atoms with Gasteiger partial charge in [-0.2, -0.15) is 0 Å². The molecular formula is C15H20O3. The molecule has 0 unspecified atom stereocenters. The minimum Gasteiger partial charge on any atom is -0.481 e. The maximum Gasteiger partial charge on any atom is 0.316 e. The molecule has 3 heteroatoms. The molecule has 0 aromatic heterocycles. The van der Waals surface area contributed by atoms with Gasteiger partial charge in [0.05, 0.1) is 0 Å². The first kappa shape index (κ1) is 14.4. The lowest BCUT2D eigenvalue weighted by Gasteiger charge is -2.21. The second kappa shape index (κ2) is 4.56. The van der Waals surface area contributed by atoms with Crippen LogP contribution in [-0.4, -0.2) is 16.9 Å². The number of carboxylic acid groups (broad SMARTS) is 1. The molecule has 0 fully saturated rings. The van der Waals surface area contributed by atoms with Crippen molar-refractivity contribution in [3.05, 3.63) is 35.4 Å². The average molecular weight is 248 g/mol. The second-order valence-electron chi connectivity index (χ2n) is 6.09. The summed E-state index contributed by atoms with van der Waals surface area (Å²) < 4.78 is 0. The van der Waals surface area contributed by atoms with Crippen LogP contribution in [0.2, 0.25) is 0 Å². The third kappa shape index (κ3) is 2.78. The molecule has 0 spiro atoms. The van der Waals surface area contributed by atoms with Gasteiger partial charge in [-0.1, -0.05) is 45.0 Å². The molecule has 0 heterocycles. The van der Waals surface area contributed by atoms with E-state index in [2.05, 4.69) is 20.8 Å². The Kier molecular flexibility index (Phi) is 3.65. The quantitative estimate of drug-likeness (QED) is 0.659. The minimum absolute atomic E-state index is 0.0178. The summed E-state index contributed by atoms with van der Waals surface area (Å²) >= 11 is 0. The molecule has 0 bridgehead atoms. The van der Waals surface area contributed by atoms with Crippen molar-refractivity contribution in [1.29, 1.82) is 0 Å². The van der Waals surface area contributed by atoms with E-state index in [0.29, 0.717) is 5.56 Å². The molecule has 0 saturated carbocycles. The van der Waals surface area contributed by atoms with Crippen molar-refractivity contribution >= 4 is 11.8 Å². The lowest BCUT2D eigenvalue weighted by Crippen LogP contribution is -2.33. The summed E-state index contributed by atoms with van der Waals surface area (Å²) in [6, 6.07) is 7.16. The van der Waals surface area contributed by atoms with E-state index < -0.39 is 11.4 Å². The highest BCUT2D eigenvalue weighted by Gasteiger charge is 2.36.